The second kappa shape index (κ2) is 6.32. The van der Waals surface area contributed by atoms with Crippen molar-refractivity contribution in [1.29, 1.82) is 0 Å². The van der Waals surface area contributed by atoms with Gasteiger partial charge in [0.15, 0.2) is 0 Å². The van der Waals surface area contributed by atoms with Gasteiger partial charge in [-0.15, -0.1) is 0 Å². The molecule has 2 rings (SSSR count). The predicted molar refractivity (Wildman–Crippen MR) is 71.1 cm³/mol. The molecule has 0 saturated carbocycles. The van der Waals surface area contributed by atoms with Crippen LogP contribution in [-0.2, 0) is 14.4 Å². The fourth-order valence-corrected chi connectivity index (χ4v) is 2.84. The van der Waals surface area contributed by atoms with Crippen LogP contribution in [0, 0.1) is 0 Å². The number of carbonyl (C=O) groups excluding carboxylic acids is 2. The van der Waals surface area contributed by atoms with Crippen LogP contribution in [0.25, 0.3) is 0 Å². The van der Waals surface area contributed by atoms with E-state index in [0.717, 1.165) is 13.1 Å². The van der Waals surface area contributed by atoms with Crippen molar-refractivity contribution in [3.8, 4) is 0 Å². The van der Waals surface area contributed by atoms with Crippen LogP contribution in [0.2, 0.25) is 0 Å². The molecular weight excluding hydrogens is 262 g/mol. The summed E-state index contributed by atoms with van der Waals surface area (Å²) in [5, 5.41) is 8.66. The summed E-state index contributed by atoms with van der Waals surface area (Å²) in [5.41, 5.74) is 0. The number of imide groups is 1. The molecule has 2 saturated heterocycles. The van der Waals surface area contributed by atoms with Gasteiger partial charge in [-0.1, -0.05) is 0 Å². The first-order chi connectivity index (χ1) is 9.52. The van der Waals surface area contributed by atoms with Gasteiger partial charge in [-0.2, -0.15) is 0 Å². The third kappa shape index (κ3) is 3.16. The summed E-state index contributed by atoms with van der Waals surface area (Å²) >= 11 is 0. The van der Waals surface area contributed by atoms with Crippen LogP contribution in [-0.4, -0.2) is 82.9 Å². The molecule has 0 aromatic heterocycles. The number of hydrogen-bond donors (Lipinski definition) is 1. The average molecular weight is 283 g/mol. The topological polar surface area (TPSA) is 81.2 Å². The Morgan fingerprint density at radius 2 is 1.90 bits per heavy atom. The minimum Gasteiger partial charge on any atom is -0.481 e. The number of amides is 2. The fraction of sp³-hybridized carbons (Fsp3) is 0.769. The van der Waals surface area contributed by atoms with E-state index in [9.17, 15) is 14.4 Å². The smallest absolute Gasteiger partial charge is 0.304 e. The zero-order chi connectivity index (χ0) is 14.7. The van der Waals surface area contributed by atoms with E-state index in [1.807, 2.05) is 11.8 Å². The molecule has 2 amide bonds. The molecule has 7 heteroatoms. The lowest BCUT2D eigenvalue weighted by atomic mass is 10.1. The highest BCUT2D eigenvalue weighted by molar-refractivity contribution is 6.05. The van der Waals surface area contributed by atoms with Crippen molar-refractivity contribution in [2.24, 2.45) is 0 Å². The molecule has 112 valence electrons. The van der Waals surface area contributed by atoms with Crippen molar-refractivity contribution in [1.82, 2.24) is 14.7 Å². The molecule has 0 aromatic carbocycles. The van der Waals surface area contributed by atoms with Crippen molar-refractivity contribution >= 4 is 17.8 Å². The summed E-state index contributed by atoms with van der Waals surface area (Å²) in [5.74, 6) is -0.963. The van der Waals surface area contributed by atoms with Crippen molar-refractivity contribution in [2.75, 3.05) is 39.3 Å². The Kier molecular flexibility index (Phi) is 4.72. The maximum Gasteiger partial charge on any atom is 0.304 e. The van der Waals surface area contributed by atoms with E-state index in [2.05, 4.69) is 4.90 Å². The van der Waals surface area contributed by atoms with Gasteiger partial charge in [0, 0.05) is 39.3 Å². The summed E-state index contributed by atoms with van der Waals surface area (Å²) in [6.07, 6.45) is 0.423. The van der Waals surface area contributed by atoms with Gasteiger partial charge < -0.3 is 10.0 Å². The van der Waals surface area contributed by atoms with Gasteiger partial charge in [-0.05, 0) is 6.92 Å². The number of piperazine rings is 1. The van der Waals surface area contributed by atoms with Gasteiger partial charge in [-0.3, -0.25) is 24.2 Å². The van der Waals surface area contributed by atoms with Crippen LogP contribution >= 0.6 is 0 Å². The number of likely N-dealkylation sites (N-methyl/N-ethyl adjacent to an activating group) is 1. The molecule has 0 spiro atoms. The number of carboxylic acid groups (broad SMARTS) is 1. The molecule has 0 bridgehead atoms. The molecule has 20 heavy (non-hydrogen) atoms. The average Bonchev–Trinajstić information content (AvgIpc) is 2.72. The third-order valence-corrected chi connectivity index (χ3v) is 4.03. The molecular formula is C13H21N3O4. The number of nitrogens with zero attached hydrogens (tertiary/aromatic N) is 3. The lowest BCUT2D eigenvalue weighted by Gasteiger charge is -2.36. The molecule has 1 N–H and O–H groups in total. The number of aliphatic carboxylic acids is 1. The fourth-order valence-electron chi connectivity index (χ4n) is 2.84. The first kappa shape index (κ1) is 14.9. The summed E-state index contributed by atoms with van der Waals surface area (Å²) < 4.78 is 0. The van der Waals surface area contributed by atoms with Gasteiger partial charge >= 0.3 is 5.97 Å². The van der Waals surface area contributed by atoms with Crippen LogP contribution < -0.4 is 0 Å². The summed E-state index contributed by atoms with van der Waals surface area (Å²) in [4.78, 5) is 39.8. The van der Waals surface area contributed by atoms with E-state index in [0.29, 0.717) is 26.2 Å². The van der Waals surface area contributed by atoms with E-state index in [4.69, 9.17) is 5.11 Å². The maximum absolute atomic E-state index is 12.1. The monoisotopic (exact) mass is 283 g/mol. The van der Waals surface area contributed by atoms with Crippen LogP contribution in [0.5, 0.6) is 0 Å². The second-order valence-electron chi connectivity index (χ2n) is 5.22. The third-order valence-electron chi connectivity index (χ3n) is 4.03. The zero-order valence-corrected chi connectivity index (χ0v) is 11.7. The lowest BCUT2D eigenvalue weighted by Crippen LogP contribution is -2.52. The van der Waals surface area contributed by atoms with Crippen molar-refractivity contribution in [3.63, 3.8) is 0 Å². The van der Waals surface area contributed by atoms with E-state index >= 15 is 0 Å². The molecule has 2 aliphatic rings. The van der Waals surface area contributed by atoms with E-state index in [1.54, 1.807) is 0 Å². The Labute approximate surface area is 118 Å². The van der Waals surface area contributed by atoms with Gasteiger partial charge in [0.05, 0.1) is 18.9 Å². The molecule has 2 aliphatic heterocycles. The van der Waals surface area contributed by atoms with E-state index < -0.39 is 5.97 Å². The Balaban J connectivity index is 1.84. The largest absolute Gasteiger partial charge is 0.481 e. The highest BCUT2D eigenvalue weighted by Crippen LogP contribution is 2.20. The van der Waals surface area contributed by atoms with Gasteiger partial charge in [0.1, 0.15) is 0 Å². The van der Waals surface area contributed by atoms with Crippen LogP contribution in [0.4, 0.5) is 0 Å². The predicted octanol–water partition coefficient (Wildman–Crippen LogP) is -0.774. The maximum atomic E-state index is 12.1. The van der Waals surface area contributed by atoms with E-state index in [1.165, 1.54) is 4.90 Å². The number of hydrogen-bond acceptors (Lipinski definition) is 5. The Morgan fingerprint density at radius 3 is 2.40 bits per heavy atom. The number of carbonyl (C=O) groups is 3. The minimum atomic E-state index is -0.789. The SMILES string of the molecule is CCN1C(=O)CC(N2CCN(CCC(=O)O)CC2)C1=O. The first-order valence-corrected chi connectivity index (χ1v) is 7.05. The van der Waals surface area contributed by atoms with Gasteiger partial charge in [0.2, 0.25) is 11.8 Å². The van der Waals surface area contributed by atoms with Crippen LogP contribution in [0.15, 0.2) is 0 Å². The molecule has 2 heterocycles. The molecule has 1 unspecified atom stereocenters. The summed E-state index contributed by atoms with van der Waals surface area (Å²) in [7, 11) is 0. The molecule has 0 aliphatic carbocycles. The zero-order valence-electron chi connectivity index (χ0n) is 11.7. The van der Waals surface area contributed by atoms with E-state index in [-0.39, 0.29) is 30.7 Å². The number of likely N-dealkylation sites (tertiary alicyclic amines) is 1. The van der Waals surface area contributed by atoms with Crippen molar-refractivity contribution < 1.29 is 19.5 Å². The Bertz CT molecular complexity index is 404. The van der Waals surface area contributed by atoms with Crippen LogP contribution in [0.3, 0.4) is 0 Å². The quantitative estimate of drug-likeness (QED) is 0.667. The molecule has 0 aromatic rings. The number of rotatable bonds is 5. The minimum absolute atomic E-state index is 0.0866. The Hall–Kier alpha value is -1.47. The highest BCUT2D eigenvalue weighted by Gasteiger charge is 2.41. The lowest BCUT2D eigenvalue weighted by molar-refractivity contribution is -0.139. The second-order valence-corrected chi connectivity index (χ2v) is 5.22. The normalized spacial score (nSPS) is 25.4. The van der Waals surface area contributed by atoms with Crippen molar-refractivity contribution in [3.05, 3.63) is 0 Å². The van der Waals surface area contributed by atoms with Crippen molar-refractivity contribution in [2.45, 2.75) is 25.8 Å². The molecule has 7 nitrogen and oxygen atoms in total. The Morgan fingerprint density at radius 1 is 1.25 bits per heavy atom. The summed E-state index contributed by atoms with van der Waals surface area (Å²) in [6, 6.07) is -0.316. The molecule has 1 atom stereocenters. The first-order valence-electron chi connectivity index (χ1n) is 7.05. The highest BCUT2D eigenvalue weighted by atomic mass is 16.4. The van der Waals surface area contributed by atoms with Gasteiger partial charge in [0.25, 0.3) is 0 Å². The number of carboxylic acids is 1. The molecule has 2 fully saturated rings. The molecule has 0 radical (unpaired) electrons. The standard InChI is InChI=1S/C13H21N3O4/c1-2-16-11(17)9-10(13(16)20)15-7-5-14(6-8-15)4-3-12(18)19/h10H,2-9H2,1H3,(H,18,19). The van der Waals surface area contributed by atoms with Gasteiger partial charge in [-0.25, -0.2) is 0 Å². The van der Waals surface area contributed by atoms with Crippen LogP contribution in [0.1, 0.15) is 19.8 Å². The summed E-state index contributed by atoms with van der Waals surface area (Å²) in [6.45, 7) is 5.70.